The van der Waals surface area contributed by atoms with Crippen molar-refractivity contribution >= 4 is 60.9 Å². The normalized spacial score (nSPS) is 10.4. The molecule has 1 amide bonds. The predicted octanol–water partition coefficient (Wildman–Crippen LogP) is 4.83. The summed E-state index contributed by atoms with van der Waals surface area (Å²) in [7, 11) is 0. The third kappa shape index (κ3) is 4.76. The summed E-state index contributed by atoms with van der Waals surface area (Å²) >= 11 is 8.22. The third-order valence-electron chi connectivity index (χ3n) is 2.77. The van der Waals surface area contributed by atoms with Crippen LogP contribution in [0.2, 0.25) is 0 Å². The highest BCUT2D eigenvalue weighted by molar-refractivity contribution is 9.10. The number of hydrogen-bond donors (Lipinski definition) is 2. The monoisotopic (exact) mass is 428 g/mol. The van der Waals surface area contributed by atoms with Crippen LogP contribution < -0.4 is 11.1 Å². The van der Waals surface area contributed by atoms with E-state index >= 15 is 0 Å². The molecule has 0 aliphatic rings. The molecule has 0 saturated carbocycles. The molecule has 2 aromatic rings. The summed E-state index contributed by atoms with van der Waals surface area (Å²) in [6.45, 7) is 1.98. The zero-order chi connectivity index (χ0) is 15.4. The molecule has 3 N–H and O–H groups in total. The number of nitrogen functional groups attached to an aromatic ring is 1. The minimum absolute atomic E-state index is 0.0518. The molecule has 0 bridgehead atoms. The van der Waals surface area contributed by atoms with Crippen molar-refractivity contribution in [2.45, 2.75) is 11.8 Å². The summed E-state index contributed by atoms with van der Waals surface area (Å²) in [4.78, 5) is 12.9. The van der Waals surface area contributed by atoms with E-state index in [1.165, 1.54) is 11.8 Å². The maximum absolute atomic E-state index is 12.0. The van der Waals surface area contributed by atoms with Crippen molar-refractivity contribution in [2.24, 2.45) is 0 Å². The largest absolute Gasteiger partial charge is 0.398 e. The Bertz CT molecular complexity index is 677. The maximum Gasteiger partial charge on any atom is 0.234 e. The van der Waals surface area contributed by atoms with Gasteiger partial charge >= 0.3 is 0 Å². The van der Waals surface area contributed by atoms with E-state index < -0.39 is 0 Å². The number of halogens is 2. The van der Waals surface area contributed by atoms with Gasteiger partial charge in [-0.2, -0.15) is 0 Å². The number of nitrogens with one attached hydrogen (secondary N) is 1. The SMILES string of the molecule is Cc1cc(NC(=O)CSc2ccc(Br)cc2N)ccc1Br. The molecular weight excluding hydrogens is 416 g/mol. The fourth-order valence-corrected chi connectivity index (χ4v) is 3.09. The van der Waals surface area contributed by atoms with Crippen molar-refractivity contribution in [3.63, 3.8) is 0 Å². The van der Waals surface area contributed by atoms with Gasteiger partial charge in [0.15, 0.2) is 0 Å². The summed E-state index contributed by atoms with van der Waals surface area (Å²) in [6, 6.07) is 11.4. The number of carbonyl (C=O) groups excluding carboxylic acids is 1. The van der Waals surface area contributed by atoms with Crippen LogP contribution in [0.4, 0.5) is 11.4 Å². The van der Waals surface area contributed by atoms with E-state index in [-0.39, 0.29) is 5.91 Å². The predicted molar refractivity (Wildman–Crippen MR) is 96.8 cm³/mol. The molecule has 0 fully saturated rings. The molecular formula is C15H14Br2N2OS. The molecule has 0 aliphatic heterocycles. The van der Waals surface area contributed by atoms with Crippen LogP contribution in [-0.4, -0.2) is 11.7 Å². The van der Waals surface area contributed by atoms with Gasteiger partial charge in [0.2, 0.25) is 5.91 Å². The van der Waals surface area contributed by atoms with Crippen LogP contribution in [0.1, 0.15) is 5.56 Å². The number of benzene rings is 2. The quantitative estimate of drug-likeness (QED) is 0.540. The smallest absolute Gasteiger partial charge is 0.234 e. The van der Waals surface area contributed by atoms with E-state index in [9.17, 15) is 4.79 Å². The molecule has 6 heteroatoms. The fraction of sp³-hybridized carbons (Fsp3) is 0.133. The standard InChI is InChI=1S/C15H14Br2N2OS/c1-9-6-11(3-4-12(9)17)19-15(20)8-21-14-5-2-10(16)7-13(14)18/h2-7H,8,18H2,1H3,(H,19,20). The first-order chi connectivity index (χ1) is 9.95. The van der Waals surface area contributed by atoms with Gasteiger partial charge in [0.05, 0.1) is 5.75 Å². The van der Waals surface area contributed by atoms with Gasteiger partial charge in [-0.3, -0.25) is 4.79 Å². The lowest BCUT2D eigenvalue weighted by atomic mass is 10.2. The van der Waals surface area contributed by atoms with E-state index in [2.05, 4.69) is 37.2 Å². The molecule has 3 nitrogen and oxygen atoms in total. The first kappa shape index (κ1) is 16.4. The number of anilines is 2. The lowest BCUT2D eigenvalue weighted by molar-refractivity contribution is -0.113. The molecule has 110 valence electrons. The average molecular weight is 430 g/mol. The van der Waals surface area contributed by atoms with Crippen molar-refractivity contribution in [1.29, 1.82) is 0 Å². The Kier molecular flexibility index (Phi) is 5.72. The molecule has 0 spiro atoms. The molecule has 0 radical (unpaired) electrons. The van der Waals surface area contributed by atoms with Gasteiger partial charge in [-0.1, -0.05) is 31.9 Å². The van der Waals surface area contributed by atoms with Crippen molar-refractivity contribution < 1.29 is 4.79 Å². The molecule has 0 saturated heterocycles. The van der Waals surface area contributed by atoms with Crippen LogP contribution in [-0.2, 0) is 4.79 Å². The van der Waals surface area contributed by atoms with Gasteiger partial charge in [0, 0.05) is 25.2 Å². The number of nitrogens with two attached hydrogens (primary N) is 1. The van der Waals surface area contributed by atoms with E-state index in [4.69, 9.17) is 5.73 Å². The lowest BCUT2D eigenvalue weighted by Crippen LogP contribution is -2.14. The number of hydrogen-bond acceptors (Lipinski definition) is 3. The van der Waals surface area contributed by atoms with Crippen LogP contribution in [0.5, 0.6) is 0 Å². The lowest BCUT2D eigenvalue weighted by Gasteiger charge is -2.08. The van der Waals surface area contributed by atoms with Gasteiger partial charge in [-0.05, 0) is 48.9 Å². The number of amides is 1. The van der Waals surface area contributed by atoms with E-state index in [1.54, 1.807) is 0 Å². The van der Waals surface area contributed by atoms with Gasteiger partial charge in [0.1, 0.15) is 0 Å². The minimum atomic E-state index is -0.0518. The van der Waals surface area contributed by atoms with Crippen molar-refractivity contribution in [2.75, 3.05) is 16.8 Å². The molecule has 0 aromatic heterocycles. The number of aryl methyl sites for hydroxylation is 1. The van der Waals surface area contributed by atoms with E-state index in [0.29, 0.717) is 11.4 Å². The Labute approximate surface area is 144 Å². The van der Waals surface area contributed by atoms with Gasteiger partial charge in [0.25, 0.3) is 0 Å². The number of thioether (sulfide) groups is 1. The van der Waals surface area contributed by atoms with Gasteiger partial charge in [-0.15, -0.1) is 11.8 Å². The van der Waals surface area contributed by atoms with E-state index in [0.717, 1.165) is 25.1 Å². The van der Waals surface area contributed by atoms with Crippen molar-refractivity contribution in [1.82, 2.24) is 0 Å². The second-order valence-corrected chi connectivity index (χ2v) is 7.27. The molecule has 21 heavy (non-hydrogen) atoms. The Balaban J connectivity index is 1.94. The van der Waals surface area contributed by atoms with Crippen LogP contribution in [0.25, 0.3) is 0 Å². The summed E-state index contributed by atoms with van der Waals surface area (Å²) in [5.74, 6) is 0.269. The molecule has 0 heterocycles. The molecule has 0 atom stereocenters. The van der Waals surface area contributed by atoms with Gasteiger partial charge < -0.3 is 11.1 Å². The molecule has 2 aromatic carbocycles. The minimum Gasteiger partial charge on any atom is -0.398 e. The number of rotatable bonds is 4. The third-order valence-corrected chi connectivity index (χ3v) is 5.24. The van der Waals surface area contributed by atoms with Crippen LogP contribution in [0.3, 0.4) is 0 Å². The zero-order valence-electron chi connectivity index (χ0n) is 11.3. The second-order valence-electron chi connectivity index (χ2n) is 4.48. The highest BCUT2D eigenvalue weighted by Crippen LogP contribution is 2.28. The highest BCUT2D eigenvalue weighted by Gasteiger charge is 2.07. The van der Waals surface area contributed by atoms with Crippen LogP contribution in [0, 0.1) is 6.92 Å². The second kappa shape index (κ2) is 7.33. The Hall–Kier alpha value is -0.980. The van der Waals surface area contributed by atoms with Crippen LogP contribution >= 0.6 is 43.6 Å². The summed E-state index contributed by atoms with van der Waals surface area (Å²) in [5, 5.41) is 2.88. The van der Waals surface area contributed by atoms with Crippen LogP contribution in [0.15, 0.2) is 50.2 Å². The Morgan fingerprint density at radius 3 is 2.67 bits per heavy atom. The topological polar surface area (TPSA) is 55.1 Å². The van der Waals surface area contributed by atoms with Gasteiger partial charge in [-0.25, -0.2) is 0 Å². The average Bonchev–Trinajstić information content (AvgIpc) is 2.42. The first-order valence-corrected chi connectivity index (χ1v) is 8.76. The molecule has 2 rings (SSSR count). The first-order valence-electron chi connectivity index (χ1n) is 6.19. The zero-order valence-corrected chi connectivity index (χ0v) is 15.3. The Morgan fingerprint density at radius 1 is 1.24 bits per heavy atom. The van der Waals surface area contributed by atoms with E-state index in [1.807, 2.05) is 43.3 Å². The summed E-state index contributed by atoms with van der Waals surface area (Å²) in [6.07, 6.45) is 0. The fourth-order valence-electron chi connectivity index (χ4n) is 1.71. The van der Waals surface area contributed by atoms with Crippen molar-refractivity contribution in [3.05, 3.63) is 50.9 Å². The Morgan fingerprint density at radius 2 is 2.00 bits per heavy atom. The highest BCUT2D eigenvalue weighted by atomic mass is 79.9. The molecule has 0 unspecified atom stereocenters. The maximum atomic E-state index is 12.0. The summed E-state index contributed by atoms with van der Waals surface area (Å²) in [5.41, 5.74) is 8.45. The number of carbonyl (C=O) groups is 1. The summed E-state index contributed by atoms with van der Waals surface area (Å²) < 4.78 is 1.96. The molecule has 0 aliphatic carbocycles. The van der Waals surface area contributed by atoms with Crippen molar-refractivity contribution in [3.8, 4) is 0 Å².